The molecule has 139 valence electrons. The Hall–Kier alpha value is -1.89. The van der Waals surface area contributed by atoms with Gasteiger partial charge in [0.25, 0.3) is 0 Å². The predicted octanol–water partition coefficient (Wildman–Crippen LogP) is 2.18. The minimum Gasteiger partial charge on any atom is -0.248 e. The normalized spacial score (nSPS) is 11.0. The number of hydrogen-bond donors (Lipinski definition) is 0. The van der Waals surface area contributed by atoms with Gasteiger partial charge < -0.3 is 0 Å². The molecule has 25 heavy (non-hydrogen) atoms. The van der Waals surface area contributed by atoms with Crippen LogP contribution in [0.2, 0.25) is 12.1 Å². The van der Waals surface area contributed by atoms with Crippen molar-refractivity contribution in [3.8, 4) is 0 Å². The van der Waals surface area contributed by atoms with E-state index in [0.29, 0.717) is 6.17 Å². The number of nitrogens with zero attached hydrogens (tertiary/aromatic N) is 3. The Morgan fingerprint density at radius 3 is 1.56 bits per heavy atom. The fourth-order valence-corrected chi connectivity index (χ4v) is 5.74. The third kappa shape index (κ3) is 5.56. The summed E-state index contributed by atoms with van der Waals surface area (Å²) in [5, 5.41) is 0. The summed E-state index contributed by atoms with van der Waals surface area (Å²) in [4.78, 5) is 37.8. The molecule has 0 saturated heterocycles. The molecule has 0 N–H and O–H groups in total. The monoisotopic (exact) mass is 364 g/mol. The van der Waals surface area contributed by atoms with E-state index in [4.69, 9.17) is 0 Å². The van der Waals surface area contributed by atoms with Crippen LogP contribution in [0.4, 0.5) is 0 Å². The molecule has 7 heteroatoms. The Balaban J connectivity index is 3.37. The lowest BCUT2D eigenvalue weighted by atomic mass is 10.4. The molecule has 0 aliphatic rings. The first-order valence-corrected chi connectivity index (χ1v) is 11.1. The molecule has 0 amide bonds. The number of rotatable bonds is 12. The molecule has 0 aliphatic carbocycles. The van der Waals surface area contributed by atoms with Crippen molar-refractivity contribution in [2.24, 2.45) is 0 Å². The summed E-state index contributed by atoms with van der Waals surface area (Å²) < 4.78 is 3.42. The Morgan fingerprint density at radius 2 is 1.20 bits per heavy atom. The fraction of sp³-hybridized carbons (Fsp3) is 0.611. The van der Waals surface area contributed by atoms with E-state index in [0.717, 1.165) is 46.9 Å². The van der Waals surface area contributed by atoms with E-state index in [2.05, 4.69) is 27.0 Å². The van der Waals surface area contributed by atoms with E-state index >= 15 is 0 Å². The van der Waals surface area contributed by atoms with Crippen molar-refractivity contribution < 1.29 is 0 Å². The van der Waals surface area contributed by atoms with Crippen molar-refractivity contribution in [2.75, 3.05) is 0 Å². The topological polar surface area (TPSA) is 66.0 Å². The minimum atomic E-state index is -0.859. The van der Waals surface area contributed by atoms with Crippen LogP contribution < -0.4 is 17.1 Å². The smallest absolute Gasteiger partial charge is 0.248 e. The molecular formula is C18H30N3O3Si. The van der Waals surface area contributed by atoms with Gasteiger partial charge in [-0.25, -0.2) is 28.1 Å². The van der Waals surface area contributed by atoms with Crippen molar-refractivity contribution >= 4 is 8.80 Å². The maximum absolute atomic E-state index is 12.7. The second kappa shape index (κ2) is 10.9. The summed E-state index contributed by atoms with van der Waals surface area (Å²) in [6.45, 7) is 11.7. The molecule has 1 heterocycles. The first-order valence-electron chi connectivity index (χ1n) is 9.01. The fourth-order valence-electron chi connectivity index (χ4n) is 2.75. The molecular weight excluding hydrogens is 334 g/mol. The summed E-state index contributed by atoms with van der Waals surface area (Å²) in [6.07, 6.45) is 7.88. The van der Waals surface area contributed by atoms with Gasteiger partial charge in [0.1, 0.15) is 0 Å². The first kappa shape index (κ1) is 21.2. The Bertz CT molecular complexity index is 689. The Morgan fingerprint density at radius 1 is 0.800 bits per heavy atom. The molecule has 1 aromatic rings. The van der Waals surface area contributed by atoms with Crippen LogP contribution in [-0.4, -0.2) is 22.5 Å². The zero-order chi connectivity index (χ0) is 18.8. The molecule has 0 fully saturated rings. The van der Waals surface area contributed by atoms with Crippen LogP contribution in [0.15, 0.2) is 39.7 Å². The van der Waals surface area contributed by atoms with Gasteiger partial charge in [0.15, 0.2) is 0 Å². The minimum absolute atomic E-state index is 0.0983. The second-order valence-electron chi connectivity index (χ2n) is 6.19. The van der Waals surface area contributed by atoms with Crippen molar-refractivity contribution in [2.45, 2.75) is 70.9 Å². The van der Waals surface area contributed by atoms with E-state index in [9.17, 15) is 14.4 Å². The maximum Gasteiger partial charge on any atom is 0.336 e. The van der Waals surface area contributed by atoms with Gasteiger partial charge in [0, 0.05) is 6.17 Å². The summed E-state index contributed by atoms with van der Waals surface area (Å²) in [5.74, 6) is 0. The van der Waals surface area contributed by atoms with Gasteiger partial charge in [-0.1, -0.05) is 63.8 Å². The summed E-state index contributed by atoms with van der Waals surface area (Å²) >= 11 is 0. The van der Waals surface area contributed by atoms with Crippen LogP contribution >= 0.6 is 0 Å². The zero-order valence-electron chi connectivity index (χ0n) is 15.5. The van der Waals surface area contributed by atoms with E-state index in [1.807, 2.05) is 0 Å². The molecule has 1 aromatic heterocycles. The third-order valence-corrected chi connectivity index (χ3v) is 7.04. The van der Waals surface area contributed by atoms with E-state index in [1.54, 1.807) is 0 Å². The lowest BCUT2D eigenvalue weighted by molar-refractivity contribution is 0.507. The van der Waals surface area contributed by atoms with Crippen molar-refractivity contribution in [1.82, 2.24) is 13.7 Å². The Labute approximate surface area is 150 Å². The maximum atomic E-state index is 12.7. The van der Waals surface area contributed by atoms with Crippen LogP contribution in [0.25, 0.3) is 0 Å². The van der Waals surface area contributed by atoms with Gasteiger partial charge in [-0.2, -0.15) is 0 Å². The molecule has 6 nitrogen and oxygen atoms in total. The van der Waals surface area contributed by atoms with Gasteiger partial charge >= 0.3 is 17.1 Å². The van der Waals surface area contributed by atoms with E-state index in [1.165, 1.54) is 16.7 Å². The average molecular weight is 365 g/mol. The molecule has 0 saturated carbocycles. The van der Waals surface area contributed by atoms with E-state index in [-0.39, 0.29) is 13.1 Å². The van der Waals surface area contributed by atoms with Crippen molar-refractivity contribution in [1.29, 1.82) is 0 Å². The molecule has 0 spiro atoms. The van der Waals surface area contributed by atoms with Crippen molar-refractivity contribution in [3.05, 3.63) is 56.8 Å². The highest BCUT2D eigenvalue weighted by atomic mass is 28.3. The van der Waals surface area contributed by atoms with Gasteiger partial charge in [0.05, 0.1) is 21.9 Å². The van der Waals surface area contributed by atoms with Gasteiger partial charge in [-0.15, -0.1) is 13.2 Å². The number of hydrogen-bond acceptors (Lipinski definition) is 3. The summed E-state index contributed by atoms with van der Waals surface area (Å²) in [6, 6.07) is 2.16. The summed E-state index contributed by atoms with van der Waals surface area (Å²) in [5.41, 5.74) is -1.64. The molecule has 1 rings (SSSR count). The lowest BCUT2D eigenvalue weighted by Crippen LogP contribution is -2.55. The number of unbranched alkanes of at least 4 members (excludes halogenated alkanes) is 2. The van der Waals surface area contributed by atoms with Crippen molar-refractivity contribution in [3.63, 3.8) is 0 Å². The van der Waals surface area contributed by atoms with Gasteiger partial charge in [0.2, 0.25) is 0 Å². The summed E-state index contributed by atoms with van der Waals surface area (Å²) in [7, 11) is -0.859. The molecule has 0 unspecified atom stereocenters. The van der Waals surface area contributed by atoms with Crippen LogP contribution in [0, 0.1) is 0 Å². The predicted molar refractivity (Wildman–Crippen MR) is 105 cm³/mol. The highest BCUT2D eigenvalue weighted by Crippen LogP contribution is 2.10. The average Bonchev–Trinajstić information content (AvgIpc) is 2.61. The molecule has 0 aliphatic heterocycles. The van der Waals surface area contributed by atoms with E-state index < -0.39 is 25.9 Å². The first-order chi connectivity index (χ1) is 12.0. The largest absolute Gasteiger partial charge is 0.336 e. The van der Waals surface area contributed by atoms with Crippen LogP contribution in [0.1, 0.15) is 39.5 Å². The quantitative estimate of drug-likeness (QED) is 0.422. The highest BCUT2D eigenvalue weighted by Gasteiger charge is 2.18. The molecule has 0 aromatic carbocycles. The van der Waals surface area contributed by atoms with Gasteiger partial charge in [-0.05, 0) is 0 Å². The highest BCUT2D eigenvalue weighted by molar-refractivity contribution is 6.57. The molecule has 0 atom stereocenters. The zero-order valence-corrected chi connectivity index (χ0v) is 16.5. The lowest BCUT2D eigenvalue weighted by Gasteiger charge is -2.17. The third-order valence-electron chi connectivity index (χ3n) is 4.16. The second-order valence-corrected chi connectivity index (χ2v) is 9.01. The molecule has 0 bridgehead atoms. The standard InChI is InChI=1S/C18H30N3O3Si/c1-5-9-13-25(14-10-6-2)15-21-17(23)19(11-7-3)16(22)20(12-8-4)18(21)24/h7-8H,3-6,9-15H2,1-2H3. The van der Waals surface area contributed by atoms with Crippen LogP contribution in [0.5, 0.6) is 0 Å². The molecule has 1 radical (unpaired) electrons. The number of aromatic nitrogens is 3. The van der Waals surface area contributed by atoms with Crippen LogP contribution in [0.3, 0.4) is 0 Å². The van der Waals surface area contributed by atoms with Gasteiger partial charge in [-0.3, -0.25) is 0 Å². The Kier molecular flexibility index (Phi) is 9.19. The SMILES string of the molecule is C=CCn1c(=O)n(CC=C)c(=O)n(C[Si](CCCC)CCCC)c1=O. The number of allylic oxidation sites excluding steroid dienone is 2. The van der Waals surface area contributed by atoms with Crippen LogP contribution in [-0.2, 0) is 19.3 Å².